The lowest BCUT2D eigenvalue weighted by atomic mass is 10.0. The Bertz CT molecular complexity index is 1030. The lowest BCUT2D eigenvalue weighted by Gasteiger charge is -2.22. The van der Waals surface area contributed by atoms with Crippen molar-refractivity contribution in [2.45, 2.75) is 26.3 Å². The van der Waals surface area contributed by atoms with Gasteiger partial charge in [-0.3, -0.25) is 9.59 Å². The number of amides is 1. The number of aromatic amines is 1. The van der Waals surface area contributed by atoms with E-state index in [1.54, 1.807) is 19.3 Å². The zero-order chi connectivity index (χ0) is 19.6. The van der Waals surface area contributed by atoms with Crippen molar-refractivity contribution in [3.05, 3.63) is 46.8 Å². The Morgan fingerprint density at radius 2 is 2.15 bits per heavy atom. The standard InChI is InChI=1S/C18H21FN6O2/c1-10(2)13(7-16(26)20-3)23-15-4-5-17(27)25(24-15)14-9-22-18-12(14)6-11(19)8-21-18/h4-6,8-10,13H,7H2,1-3H3,(H,20,26)(H,21,22)(H,23,24)/t13-/m1/s1. The van der Waals surface area contributed by atoms with Crippen molar-refractivity contribution in [3.63, 3.8) is 0 Å². The van der Waals surface area contributed by atoms with E-state index in [0.717, 1.165) is 6.20 Å². The highest BCUT2D eigenvalue weighted by molar-refractivity contribution is 5.85. The van der Waals surface area contributed by atoms with Crippen LogP contribution in [0.15, 0.2) is 35.4 Å². The van der Waals surface area contributed by atoms with E-state index in [0.29, 0.717) is 22.5 Å². The monoisotopic (exact) mass is 372 g/mol. The molecule has 0 aliphatic rings. The second kappa shape index (κ2) is 7.56. The summed E-state index contributed by atoms with van der Waals surface area (Å²) in [6, 6.07) is 4.07. The van der Waals surface area contributed by atoms with E-state index >= 15 is 0 Å². The molecule has 3 heterocycles. The van der Waals surface area contributed by atoms with Gasteiger partial charge in [-0.05, 0) is 18.1 Å². The summed E-state index contributed by atoms with van der Waals surface area (Å²) in [7, 11) is 1.59. The number of carbonyl (C=O) groups excluding carboxylic acids is 1. The zero-order valence-corrected chi connectivity index (χ0v) is 15.3. The average molecular weight is 372 g/mol. The van der Waals surface area contributed by atoms with Crippen molar-refractivity contribution >= 4 is 22.8 Å². The fourth-order valence-electron chi connectivity index (χ4n) is 2.75. The first-order valence-corrected chi connectivity index (χ1v) is 8.59. The van der Waals surface area contributed by atoms with Crippen molar-refractivity contribution in [1.29, 1.82) is 0 Å². The Balaban J connectivity index is 1.97. The molecule has 0 saturated heterocycles. The van der Waals surface area contributed by atoms with Crippen LogP contribution in [0.3, 0.4) is 0 Å². The van der Waals surface area contributed by atoms with Crippen molar-refractivity contribution < 1.29 is 9.18 Å². The number of anilines is 1. The number of halogens is 1. The minimum Gasteiger partial charge on any atom is -0.365 e. The number of nitrogens with zero attached hydrogens (tertiary/aromatic N) is 3. The number of rotatable bonds is 6. The fraction of sp³-hybridized carbons (Fsp3) is 0.333. The van der Waals surface area contributed by atoms with Crippen LogP contribution in [0.1, 0.15) is 20.3 Å². The molecule has 8 nitrogen and oxygen atoms in total. The van der Waals surface area contributed by atoms with Gasteiger partial charge in [0.15, 0.2) is 0 Å². The van der Waals surface area contributed by atoms with Gasteiger partial charge < -0.3 is 15.6 Å². The summed E-state index contributed by atoms with van der Waals surface area (Å²) in [5.74, 6) is 0.00982. The maximum atomic E-state index is 13.6. The molecule has 0 saturated carbocycles. The summed E-state index contributed by atoms with van der Waals surface area (Å²) >= 11 is 0. The molecule has 0 aromatic carbocycles. The largest absolute Gasteiger partial charge is 0.365 e. The molecule has 3 aromatic heterocycles. The van der Waals surface area contributed by atoms with Crippen LogP contribution in [0, 0.1) is 11.7 Å². The average Bonchev–Trinajstić information content (AvgIpc) is 3.05. The van der Waals surface area contributed by atoms with Gasteiger partial charge >= 0.3 is 0 Å². The molecular formula is C18H21FN6O2. The molecule has 0 radical (unpaired) electrons. The van der Waals surface area contributed by atoms with Crippen molar-refractivity contribution in [2.75, 3.05) is 12.4 Å². The highest BCUT2D eigenvalue weighted by Gasteiger charge is 2.18. The van der Waals surface area contributed by atoms with Crippen LogP contribution in [-0.4, -0.2) is 38.7 Å². The Labute approximate surface area is 154 Å². The molecule has 3 rings (SSSR count). The number of hydrogen-bond donors (Lipinski definition) is 3. The summed E-state index contributed by atoms with van der Waals surface area (Å²) < 4.78 is 14.8. The van der Waals surface area contributed by atoms with Crippen molar-refractivity contribution in [1.82, 2.24) is 25.1 Å². The predicted octanol–water partition coefficient (Wildman–Crippen LogP) is 1.82. The van der Waals surface area contributed by atoms with Crippen LogP contribution in [0.25, 0.3) is 16.7 Å². The third kappa shape index (κ3) is 3.97. The SMILES string of the molecule is CNC(=O)C[C@@H](Nc1ccc(=O)n(-c2c[nH]c3ncc(F)cc23)n1)C(C)C. The van der Waals surface area contributed by atoms with Gasteiger partial charge in [0.1, 0.15) is 17.3 Å². The number of nitrogens with one attached hydrogen (secondary N) is 3. The Morgan fingerprint density at radius 1 is 1.37 bits per heavy atom. The molecule has 1 atom stereocenters. The second-order valence-electron chi connectivity index (χ2n) is 6.56. The molecule has 0 aliphatic heterocycles. The lowest BCUT2D eigenvalue weighted by Crippen LogP contribution is -2.34. The van der Waals surface area contributed by atoms with Crippen LogP contribution in [0.4, 0.5) is 10.2 Å². The number of H-pyrrole nitrogens is 1. The number of fused-ring (bicyclic) bond motifs is 1. The second-order valence-corrected chi connectivity index (χ2v) is 6.56. The molecular weight excluding hydrogens is 351 g/mol. The molecule has 0 fully saturated rings. The van der Waals surface area contributed by atoms with Gasteiger partial charge in [0.2, 0.25) is 5.91 Å². The maximum Gasteiger partial charge on any atom is 0.271 e. The zero-order valence-electron chi connectivity index (χ0n) is 15.3. The molecule has 142 valence electrons. The number of carbonyl (C=O) groups is 1. The summed E-state index contributed by atoms with van der Waals surface area (Å²) in [6.45, 7) is 3.98. The van der Waals surface area contributed by atoms with E-state index in [1.165, 1.54) is 16.8 Å². The molecule has 9 heteroatoms. The van der Waals surface area contributed by atoms with E-state index < -0.39 is 5.82 Å². The minimum absolute atomic E-state index is 0.0901. The van der Waals surface area contributed by atoms with Crippen LogP contribution >= 0.6 is 0 Å². The predicted molar refractivity (Wildman–Crippen MR) is 100 cm³/mol. The molecule has 0 aliphatic carbocycles. The number of pyridine rings is 1. The Kier molecular flexibility index (Phi) is 5.20. The molecule has 3 N–H and O–H groups in total. The summed E-state index contributed by atoms with van der Waals surface area (Å²) in [6.07, 6.45) is 2.93. The Hall–Kier alpha value is -3.23. The summed E-state index contributed by atoms with van der Waals surface area (Å²) in [5, 5.41) is 10.6. The molecule has 27 heavy (non-hydrogen) atoms. The van der Waals surface area contributed by atoms with Crippen molar-refractivity contribution in [2.24, 2.45) is 5.92 Å². The van der Waals surface area contributed by atoms with Gasteiger partial charge in [-0.2, -0.15) is 4.68 Å². The third-order valence-corrected chi connectivity index (χ3v) is 4.33. The molecule has 0 unspecified atom stereocenters. The first-order chi connectivity index (χ1) is 12.9. The third-order valence-electron chi connectivity index (χ3n) is 4.33. The van der Waals surface area contributed by atoms with Crippen LogP contribution in [-0.2, 0) is 4.79 Å². The van der Waals surface area contributed by atoms with Gasteiger partial charge in [-0.25, -0.2) is 9.37 Å². The normalized spacial score (nSPS) is 12.3. The maximum absolute atomic E-state index is 13.6. The van der Waals surface area contributed by atoms with E-state index in [-0.39, 0.29) is 29.8 Å². The highest BCUT2D eigenvalue weighted by Crippen LogP contribution is 2.20. The summed E-state index contributed by atoms with van der Waals surface area (Å²) in [4.78, 5) is 30.9. The Morgan fingerprint density at radius 3 is 2.85 bits per heavy atom. The first kappa shape index (κ1) is 18.6. The van der Waals surface area contributed by atoms with Crippen LogP contribution < -0.4 is 16.2 Å². The smallest absolute Gasteiger partial charge is 0.271 e. The van der Waals surface area contributed by atoms with Crippen LogP contribution in [0.2, 0.25) is 0 Å². The topological polar surface area (TPSA) is 105 Å². The quantitative estimate of drug-likeness (QED) is 0.612. The van der Waals surface area contributed by atoms with E-state index in [1.807, 2.05) is 13.8 Å². The molecule has 1 amide bonds. The minimum atomic E-state index is -0.504. The van der Waals surface area contributed by atoms with E-state index in [4.69, 9.17) is 0 Å². The van der Waals surface area contributed by atoms with Crippen LogP contribution in [0.5, 0.6) is 0 Å². The van der Waals surface area contributed by atoms with Gasteiger partial charge in [0.25, 0.3) is 5.56 Å². The lowest BCUT2D eigenvalue weighted by molar-refractivity contribution is -0.121. The first-order valence-electron chi connectivity index (χ1n) is 8.59. The van der Waals surface area contributed by atoms with Gasteiger partial charge in [0, 0.05) is 37.2 Å². The summed E-state index contributed by atoms with van der Waals surface area (Å²) in [5.41, 5.74) is 0.495. The van der Waals surface area contributed by atoms with E-state index in [9.17, 15) is 14.0 Å². The molecule has 0 spiro atoms. The van der Waals surface area contributed by atoms with E-state index in [2.05, 4.69) is 25.7 Å². The number of hydrogen-bond acceptors (Lipinski definition) is 5. The highest BCUT2D eigenvalue weighted by atomic mass is 19.1. The molecule has 0 bridgehead atoms. The van der Waals surface area contributed by atoms with Crippen molar-refractivity contribution in [3.8, 4) is 5.69 Å². The van der Waals surface area contributed by atoms with Gasteiger partial charge in [-0.15, -0.1) is 5.10 Å². The number of aromatic nitrogens is 4. The van der Waals surface area contributed by atoms with Gasteiger partial charge in [0.05, 0.1) is 11.9 Å². The molecule has 3 aromatic rings. The fourth-order valence-corrected chi connectivity index (χ4v) is 2.75. The van der Waals surface area contributed by atoms with Gasteiger partial charge in [-0.1, -0.05) is 13.8 Å².